The minimum atomic E-state index is -0.295. The Balaban J connectivity index is 0.000000980. The molecule has 2 heterocycles. The Kier molecular flexibility index (Phi) is 6.12. The van der Waals surface area contributed by atoms with Crippen LogP contribution in [0.5, 0.6) is 0 Å². The number of thiazole rings is 1. The Labute approximate surface area is 104 Å². The van der Waals surface area contributed by atoms with Crippen LogP contribution in [-0.4, -0.2) is 31.2 Å². The average Bonchev–Trinajstić information content (AvgIpc) is 2.49. The molecule has 0 radical (unpaired) electrons. The molecule has 86 valence electrons. The number of hydrogen-bond acceptors (Lipinski definition) is 5. The Bertz CT molecular complexity index is 328. The Morgan fingerprint density at radius 2 is 2.27 bits per heavy atom. The summed E-state index contributed by atoms with van der Waals surface area (Å²) in [6.45, 7) is 1.93. The first-order chi connectivity index (χ1) is 6.31. The van der Waals surface area contributed by atoms with Crippen molar-refractivity contribution >= 4 is 42.1 Å². The monoisotopic (exact) mass is 270 g/mol. The fourth-order valence-corrected chi connectivity index (χ4v) is 2.07. The normalized spacial score (nSPS) is 14.5. The molecule has 0 spiro atoms. The molecule has 7 heteroatoms. The van der Waals surface area contributed by atoms with Gasteiger partial charge in [-0.2, -0.15) is 0 Å². The number of hydrogen-bond donors (Lipinski definition) is 1. The van der Waals surface area contributed by atoms with Crippen molar-refractivity contribution in [1.29, 1.82) is 0 Å². The number of carbonyl (C=O) groups excluding carboxylic acids is 1. The number of rotatable bonds is 2. The number of ether oxygens (including phenoxy) is 1. The molecule has 0 aromatic carbocycles. The molecule has 4 nitrogen and oxygen atoms in total. The third kappa shape index (κ3) is 3.04. The smallest absolute Gasteiger partial charge is 0.349 e. The molecule has 1 N–H and O–H groups in total. The highest BCUT2D eigenvalue weighted by atomic mass is 35.5. The van der Waals surface area contributed by atoms with Crippen molar-refractivity contribution in [2.24, 2.45) is 0 Å². The summed E-state index contributed by atoms with van der Waals surface area (Å²) >= 11 is 1.42. The lowest BCUT2D eigenvalue weighted by Crippen LogP contribution is -2.39. The third-order valence-corrected chi connectivity index (χ3v) is 3.18. The molecule has 1 aliphatic heterocycles. The van der Waals surface area contributed by atoms with Crippen molar-refractivity contribution in [1.82, 2.24) is 10.3 Å². The molecule has 0 bridgehead atoms. The van der Waals surface area contributed by atoms with Gasteiger partial charge < -0.3 is 10.1 Å². The third-order valence-electron chi connectivity index (χ3n) is 2.04. The lowest BCUT2D eigenvalue weighted by molar-refractivity contribution is 0.0606. The molecule has 1 fully saturated rings. The number of carbonyl (C=O) groups is 1. The molecule has 0 aliphatic carbocycles. The maximum atomic E-state index is 11.1. The quantitative estimate of drug-likeness (QED) is 0.827. The lowest BCUT2D eigenvalue weighted by atomic mass is 10.1. The van der Waals surface area contributed by atoms with Crippen LogP contribution in [0.3, 0.4) is 0 Å². The standard InChI is InChI=1S/C8H10N2O2S.2ClH/c1-12-8(11)6-4-10-7(13-6)5-2-9-3-5;;/h4-5,9H,2-3H2,1H3;2*1H. The summed E-state index contributed by atoms with van der Waals surface area (Å²) in [4.78, 5) is 15.9. The highest BCUT2D eigenvalue weighted by Crippen LogP contribution is 2.24. The van der Waals surface area contributed by atoms with E-state index in [9.17, 15) is 4.79 Å². The van der Waals surface area contributed by atoms with E-state index in [1.54, 1.807) is 6.20 Å². The summed E-state index contributed by atoms with van der Waals surface area (Å²) in [5, 5.41) is 4.19. The van der Waals surface area contributed by atoms with Gasteiger partial charge in [0.15, 0.2) is 0 Å². The molecular formula is C8H12Cl2N2O2S. The summed E-state index contributed by atoms with van der Waals surface area (Å²) in [5.41, 5.74) is 0. The molecule has 15 heavy (non-hydrogen) atoms. The van der Waals surface area contributed by atoms with E-state index in [2.05, 4.69) is 15.0 Å². The largest absolute Gasteiger partial charge is 0.465 e. The summed E-state index contributed by atoms with van der Waals surface area (Å²) < 4.78 is 4.60. The van der Waals surface area contributed by atoms with E-state index < -0.39 is 0 Å². The fourth-order valence-electron chi connectivity index (χ4n) is 1.13. The Morgan fingerprint density at radius 1 is 1.60 bits per heavy atom. The van der Waals surface area contributed by atoms with Crippen molar-refractivity contribution in [3.8, 4) is 0 Å². The van der Waals surface area contributed by atoms with Gasteiger partial charge in [0.2, 0.25) is 0 Å². The van der Waals surface area contributed by atoms with Crippen LogP contribution in [0.2, 0.25) is 0 Å². The van der Waals surface area contributed by atoms with Crippen molar-refractivity contribution in [2.75, 3.05) is 20.2 Å². The first kappa shape index (κ1) is 14.6. The SMILES string of the molecule is COC(=O)c1cnc(C2CNC2)s1.Cl.Cl. The van der Waals surface area contributed by atoms with E-state index >= 15 is 0 Å². The first-order valence-corrected chi connectivity index (χ1v) is 4.87. The maximum Gasteiger partial charge on any atom is 0.349 e. The zero-order chi connectivity index (χ0) is 9.26. The molecule has 0 saturated carbocycles. The molecule has 0 amide bonds. The van der Waals surface area contributed by atoms with E-state index in [0.29, 0.717) is 10.8 Å². The van der Waals surface area contributed by atoms with Gasteiger partial charge in [0, 0.05) is 19.0 Å². The van der Waals surface area contributed by atoms with Gasteiger partial charge in [0.1, 0.15) is 4.88 Å². The second-order valence-corrected chi connectivity index (χ2v) is 3.97. The highest BCUT2D eigenvalue weighted by Gasteiger charge is 2.23. The van der Waals surface area contributed by atoms with Gasteiger partial charge in [-0.15, -0.1) is 36.2 Å². The zero-order valence-corrected chi connectivity index (χ0v) is 10.5. The molecule has 1 aromatic rings. The van der Waals surface area contributed by atoms with Crippen LogP contribution >= 0.6 is 36.2 Å². The predicted molar refractivity (Wildman–Crippen MR) is 63.6 cm³/mol. The van der Waals surface area contributed by atoms with Gasteiger partial charge >= 0.3 is 5.97 Å². The Hall–Kier alpha value is -0.360. The molecule has 0 atom stereocenters. The number of esters is 1. The molecule has 1 aliphatic rings. The molecule has 1 saturated heterocycles. The van der Waals surface area contributed by atoms with Crippen molar-refractivity contribution < 1.29 is 9.53 Å². The summed E-state index contributed by atoms with van der Waals surface area (Å²) in [6, 6.07) is 0. The van der Waals surface area contributed by atoms with Crippen LogP contribution in [0.4, 0.5) is 0 Å². The number of nitrogens with zero attached hydrogens (tertiary/aromatic N) is 1. The molecule has 0 unspecified atom stereocenters. The number of halogens is 2. The van der Waals surface area contributed by atoms with Crippen molar-refractivity contribution in [3.63, 3.8) is 0 Å². The second kappa shape index (κ2) is 6.27. The van der Waals surface area contributed by atoms with Gasteiger partial charge in [-0.1, -0.05) is 0 Å². The van der Waals surface area contributed by atoms with Gasteiger partial charge in [-0.3, -0.25) is 0 Å². The average molecular weight is 271 g/mol. The van der Waals surface area contributed by atoms with E-state index in [1.807, 2.05) is 0 Å². The molecular weight excluding hydrogens is 259 g/mol. The summed E-state index contributed by atoms with van der Waals surface area (Å²) in [7, 11) is 1.38. The van der Waals surface area contributed by atoms with E-state index in [1.165, 1.54) is 18.4 Å². The van der Waals surface area contributed by atoms with E-state index in [-0.39, 0.29) is 30.8 Å². The van der Waals surface area contributed by atoms with Crippen LogP contribution in [0.25, 0.3) is 0 Å². The van der Waals surface area contributed by atoms with Crippen LogP contribution in [0.1, 0.15) is 20.6 Å². The van der Waals surface area contributed by atoms with Crippen molar-refractivity contribution in [2.45, 2.75) is 5.92 Å². The highest BCUT2D eigenvalue weighted by molar-refractivity contribution is 7.13. The van der Waals surface area contributed by atoms with Crippen molar-refractivity contribution in [3.05, 3.63) is 16.1 Å². The fraction of sp³-hybridized carbons (Fsp3) is 0.500. The van der Waals surface area contributed by atoms with Gasteiger partial charge in [-0.25, -0.2) is 9.78 Å². The van der Waals surface area contributed by atoms with E-state index in [4.69, 9.17) is 0 Å². The number of nitrogens with one attached hydrogen (secondary N) is 1. The van der Waals surface area contributed by atoms with Gasteiger partial charge in [-0.05, 0) is 0 Å². The topological polar surface area (TPSA) is 51.2 Å². The van der Waals surface area contributed by atoms with Gasteiger partial charge in [0.05, 0.1) is 18.3 Å². The van der Waals surface area contributed by atoms with Crippen LogP contribution in [0.15, 0.2) is 6.20 Å². The zero-order valence-electron chi connectivity index (χ0n) is 8.06. The molecule has 1 aromatic heterocycles. The summed E-state index contributed by atoms with van der Waals surface area (Å²) in [5.74, 6) is 0.194. The molecule has 2 rings (SSSR count). The van der Waals surface area contributed by atoms with Crippen LogP contribution in [0, 0.1) is 0 Å². The minimum absolute atomic E-state index is 0. The predicted octanol–water partition coefficient (Wildman–Crippen LogP) is 1.46. The summed E-state index contributed by atoms with van der Waals surface area (Å²) in [6.07, 6.45) is 1.59. The van der Waals surface area contributed by atoms with E-state index in [0.717, 1.165) is 18.1 Å². The lowest BCUT2D eigenvalue weighted by Gasteiger charge is -2.24. The number of methoxy groups -OCH3 is 1. The second-order valence-electron chi connectivity index (χ2n) is 2.91. The van der Waals surface area contributed by atoms with Crippen LogP contribution in [-0.2, 0) is 4.74 Å². The minimum Gasteiger partial charge on any atom is -0.465 e. The van der Waals surface area contributed by atoms with Crippen LogP contribution < -0.4 is 5.32 Å². The maximum absolute atomic E-state index is 11.1. The Morgan fingerprint density at radius 3 is 2.73 bits per heavy atom. The number of aromatic nitrogens is 1. The van der Waals surface area contributed by atoms with Gasteiger partial charge in [0.25, 0.3) is 0 Å². The first-order valence-electron chi connectivity index (χ1n) is 4.06.